The lowest BCUT2D eigenvalue weighted by atomic mass is 10.0. The van der Waals surface area contributed by atoms with Gasteiger partial charge in [0.05, 0.1) is 6.10 Å². The van der Waals surface area contributed by atoms with E-state index in [2.05, 4.69) is 30.0 Å². The molecule has 6 heteroatoms. The molecule has 3 rings (SSSR count). The number of cyclic esters (lactones) is 1. The van der Waals surface area contributed by atoms with E-state index >= 15 is 0 Å². The number of halogens is 1. The Morgan fingerprint density at radius 2 is 1.70 bits per heavy atom. The van der Waals surface area contributed by atoms with Crippen molar-refractivity contribution in [3.8, 4) is 5.75 Å². The van der Waals surface area contributed by atoms with Crippen LogP contribution in [-0.4, -0.2) is 36.9 Å². The first kappa shape index (κ1) is 24.2. The average Bonchev–Trinajstić information content (AvgIpc) is 2.78. The summed E-state index contributed by atoms with van der Waals surface area (Å²) >= 11 is 0. The summed E-state index contributed by atoms with van der Waals surface area (Å²) in [6, 6.07) is 19.7. The standard InChI is InChI=1S/C24H31NO4.ClH/c1-18-23(29-20-13-6-3-7-14-20)22(16-8-15-21(25)24(26)28-18)27-17-9-12-19-10-4-2-5-11-19;/h2-7,10-11,13-14,18,21-23H,8-9,12,15-17,25H2,1H3;1H/t18-,21-,22-,23-;/m0./s1. The summed E-state index contributed by atoms with van der Waals surface area (Å²) in [6.07, 6.45) is 3.37. The maximum absolute atomic E-state index is 12.3. The van der Waals surface area contributed by atoms with Gasteiger partial charge in [-0.25, -0.2) is 4.79 Å². The van der Waals surface area contributed by atoms with Crippen molar-refractivity contribution in [2.75, 3.05) is 6.61 Å². The molecule has 0 bridgehead atoms. The molecule has 3 N–H and O–H groups in total. The third-order valence-corrected chi connectivity index (χ3v) is 5.31. The Kier molecular flexibility index (Phi) is 10.1. The molecular formula is C24H32ClNO4. The van der Waals surface area contributed by atoms with Gasteiger partial charge in [0.15, 0.2) is 12.1 Å². The number of aryl methyl sites for hydroxylation is 1. The predicted octanol–water partition coefficient (Wildman–Crippen LogP) is 0.182. The average molecular weight is 434 g/mol. The molecule has 2 aromatic carbocycles. The lowest BCUT2D eigenvalue weighted by Gasteiger charge is -2.31. The first-order chi connectivity index (χ1) is 14.1. The number of quaternary nitrogens is 1. The smallest absolute Gasteiger partial charge is 0.365 e. The van der Waals surface area contributed by atoms with E-state index in [1.807, 2.05) is 43.3 Å². The minimum atomic E-state index is -0.413. The van der Waals surface area contributed by atoms with Gasteiger partial charge in [-0.1, -0.05) is 48.5 Å². The second-order valence-electron chi connectivity index (χ2n) is 7.66. The van der Waals surface area contributed by atoms with Crippen LogP contribution in [0.3, 0.4) is 0 Å². The third kappa shape index (κ3) is 7.31. The van der Waals surface area contributed by atoms with Crippen LogP contribution in [0.2, 0.25) is 0 Å². The molecule has 30 heavy (non-hydrogen) atoms. The van der Waals surface area contributed by atoms with Gasteiger partial charge in [0.2, 0.25) is 0 Å². The highest BCUT2D eigenvalue weighted by Gasteiger charge is 2.35. The molecule has 164 valence electrons. The maximum atomic E-state index is 12.3. The molecular weight excluding hydrogens is 402 g/mol. The van der Waals surface area contributed by atoms with Gasteiger partial charge in [0.25, 0.3) is 0 Å². The maximum Gasteiger partial charge on any atom is 0.365 e. The van der Waals surface area contributed by atoms with Crippen molar-refractivity contribution >= 4 is 5.97 Å². The molecule has 1 aliphatic rings. The normalized spacial score (nSPS) is 24.5. The fraction of sp³-hybridized carbons (Fsp3) is 0.458. The Morgan fingerprint density at radius 1 is 1.03 bits per heavy atom. The van der Waals surface area contributed by atoms with Gasteiger partial charge in [-0.15, -0.1) is 0 Å². The van der Waals surface area contributed by atoms with E-state index in [0.717, 1.165) is 31.4 Å². The number of hydrogen-bond donors (Lipinski definition) is 1. The third-order valence-electron chi connectivity index (χ3n) is 5.31. The zero-order chi connectivity index (χ0) is 20.5. The summed E-state index contributed by atoms with van der Waals surface area (Å²) in [5.41, 5.74) is 5.25. The Morgan fingerprint density at radius 3 is 2.40 bits per heavy atom. The van der Waals surface area contributed by atoms with Crippen LogP contribution < -0.4 is 22.9 Å². The summed E-state index contributed by atoms with van der Waals surface area (Å²) in [5.74, 6) is 0.493. The predicted molar refractivity (Wildman–Crippen MR) is 111 cm³/mol. The molecule has 1 saturated heterocycles. The number of hydrogen-bond acceptors (Lipinski definition) is 4. The van der Waals surface area contributed by atoms with Gasteiger partial charge >= 0.3 is 5.97 Å². The SMILES string of the molecule is C[C@@H]1OC(=O)[C@@H]([NH3+])CCC[C@H](OCCCc2ccccc2)[C@H]1Oc1ccccc1.[Cl-]. The first-order valence-corrected chi connectivity index (χ1v) is 10.5. The van der Waals surface area contributed by atoms with Crippen molar-refractivity contribution in [1.29, 1.82) is 0 Å². The van der Waals surface area contributed by atoms with Gasteiger partial charge in [-0.3, -0.25) is 0 Å². The number of carbonyl (C=O) groups is 1. The van der Waals surface area contributed by atoms with Crippen molar-refractivity contribution < 1.29 is 37.1 Å². The number of esters is 1. The lowest BCUT2D eigenvalue weighted by Crippen LogP contribution is -3.00. The minimum absolute atomic E-state index is 0. The zero-order valence-corrected chi connectivity index (χ0v) is 18.3. The van der Waals surface area contributed by atoms with Gasteiger partial charge in [-0.2, -0.15) is 0 Å². The van der Waals surface area contributed by atoms with E-state index in [0.29, 0.717) is 13.0 Å². The highest BCUT2D eigenvalue weighted by atomic mass is 35.5. The van der Waals surface area contributed by atoms with Crippen LogP contribution in [0.15, 0.2) is 60.7 Å². The molecule has 2 aromatic rings. The Balaban J connectivity index is 0.00000320. The van der Waals surface area contributed by atoms with Crippen LogP contribution in [0.5, 0.6) is 5.75 Å². The molecule has 0 aliphatic carbocycles. The first-order valence-electron chi connectivity index (χ1n) is 10.5. The van der Waals surface area contributed by atoms with Gasteiger partial charge in [0.1, 0.15) is 11.9 Å². The number of carbonyl (C=O) groups excluding carboxylic acids is 1. The van der Waals surface area contributed by atoms with Crippen molar-refractivity contribution in [3.05, 3.63) is 66.2 Å². The van der Waals surface area contributed by atoms with Crippen LogP contribution in [0.1, 0.15) is 38.2 Å². The van der Waals surface area contributed by atoms with Crippen LogP contribution in [0.4, 0.5) is 0 Å². The minimum Gasteiger partial charge on any atom is -1.00 e. The second kappa shape index (κ2) is 12.6. The highest BCUT2D eigenvalue weighted by molar-refractivity contribution is 5.74. The van der Waals surface area contributed by atoms with E-state index < -0.39 is 6.10 Å². The Bertz CT molecular complexity index is 743. The van der Waals surface area contributed by atoms with Crippen LogP contribution in [0, 0.1) is 0 Å². The summed E-state index contributed by atoms with van der Waals surface area (Å²) in [6.45, 7) is 2.52. The lowest BCUT2D eigenvalue weighted by molar-refractivity contribution is -0.410. The van der Waals surface area contributed by atoms with E-state index in [9.17, 15) is 4.79 Å². The van der Waals surface area contributed by atoms with Crippen molar-refractivity contribution in [2.24, 2.45) is 0 Å². The van der Waals surface area contributed by atoms with Gasteiger partial charge in [0, 0.05) is 13.0 Å². The summed E-state index contributed by atoms with van der Waals surface area (Å²) < 4.78 is 18.2. The second-order valence-corrected chi connectivity index (χ2v) is 7.66. The molecule has 1 aliphatic heterocycles. The highest BCUT2D eigenvalue weighted by Crippen LogP contribution is 2.23. The Hall–Kier alpha value is -2.08. The summed E-state index contributed by atoms with van der Waals surface area (Å²) in [7, 11) is 0. The fourth-order valence-electron chi connectivity index (χ4n) is 3.66. The van der Waals surface area contributed by atoms with Crippen LogP contribution in [-0.2, 0) is 20.7 Å². The largest absolute Gasteiger partial charge is 1.00 e. The molecule has 0 radical (unpaired) electrons. The zero-order valence-electron chi connectivity index (χ0n) is 17.5. The number of para-hydroxylation sites is 1. The summed E-state index contributed by atoms with van der Waals surface area (Å²) in [5, 5.41) is 0. The molecule has 0 aromatic heterocycles. The molecule has 1 fully saturated rings. The Labute approximate surface area is 185 Å². The van der Waals surface area contributed by atoms with Crippen molar-refractivity contribution in [3.63, 3.8) is 0 Å². The van der Waals surface area contributed by atoms with Crippen molar-refractivity contribution in [1.82, 2.24) is 0 Å². The number of benzene rings is 2. The molecule has 4 atom stereocenters. The molecule has 0 unspecified atom stereocenters. The van der Waals surface area contributed by atoms with Crippen LogP contribution in [0.25, 0.3) is 0 Å². The monoisotopic (exact) mass is 433 g/mol. The number of ether oxygens (including phenoxy) is 3. The topological polar surface area (TPSA) is 72.4 Å². The molecule has 0 amide bonds. The molecule has 5 nitrogen and oxygen atoms in total. The van der Waals surface area contributed by atoms with Gasteiger partial charge in [-0.05, 0) is 50.3 Å². The van der Waals surface area contributed by atoms with E-state index in [1.54, 1.807) is 0 Å². The van der Waals surface area contributed by atoms with E-state index in [-0.39, 0.29) is 36.6 Å². The van der Waals surface area contributed by atoms with Crippen LogP contribution >= 0.6 is 0 Å². The number of rotatable bonds is 7. The molecule has 0 saturated carbocycles. The quantitative estimate of drug-likeness (QED) is 0.499. The fourth-order valence-corrected chi connectivity index (χ4v) is 3.66. The van der Waals surface area contributed by atoms with Crippen molar-refractivity contribution in [2.45, 2.75) is 63.4 Å². The van der Waals surface area contributed by atoms with E-state index in [4.69, 9.17) is 14.2 Å². The van der Waals surface area contributed by atoms with Gasteiger partial charge < -0.3 is 32.4 Å². The molecule has 1 heterocycles. The molecule has 0 spiro atoms. The van der Waals surface area contributed by atoms with E-state index in [1.165, 1.54) is 5.56 Å². The summed E-state index contributed by atoms with van der Waals surface area (Å²) in [4.78, 5) is 12.3.